The van der Waals surface area contributed by atoms with Gasteiger partial charge in [-0.05, 0) is 38.2 Å². The van der Waals surface area contributed by atoms with E-state index < -0.39 is 15.5 Å². The lowest BCUT2D eigenvalue weighted by Crippen LogP contribution is -2.17. The van der Waals surface area contributed by atoms with E-state index in [1.54, 1.807) is 0 Å². The molecular formula is C13H24NOPSi. The highest BCUT2D eigenvalue weighted by atomic mass is 31.2. The van der Waals surface area contributed by atoms with Crippen molar-refractivity contribution < 1.29 is 4.52 Å². The summed E-state index contributed by atoms with van der Waals surface area (Å²) in [5.41, 5.74) is 0. The Kier molecular flexibility index (Phi) is 5.02. The average molecular weight is 269 g/mol. The molecule has 0 amide bonds. The molecule has 0 heterocycles. The van der Waals surface area contributed by atoms with Crippen LogP contribution in [0, 0.1) is 0 Å². The molecule has 17 heavy (non-hydrogen) atoms. The Morgan fingerprint density at radius 2 is 1.76 bits per heavy atom. The fourth-order valence-corrected chi connectivity index (χ4v) is 9.01. The highest BCUT2D eigenvalue weighted by Gasteiger charge is 2.20. The van der Waals surface area contributed by atoms with Gasteiger partial charge in [0.15, 0.2) is 8.24 Å². The topological polar surface area (TPSA) is 21.6 Å². The summed E-state index contributed by atoms with van der Waals surface area (Å²) in [5, 5.41) is 0. The van der Waals surface area contributed by atoms with Gasteiger partial charge in [-0.3, -0.25) is 0 Å². The van der Waals surface area contributed by atoms with Gasteiger partial charge in [0.25, 0.3) is 0 Å². The molecule has 96 valence electrons. The Bertz CT molecular complexity index is 398. The first-order chi connectivity index (χ1) is 7.85. The third kappa shape index (κ3) is 5.56. The first kappa shape index (κ1) is 14.5. The molecule has 0 aromatic heterocycles. The van der Waals surface area contributed by atoms with Crippen LogP contribution in [0.1, 0.15) is 13.3 Å². The van der Waals surface area contributed by atoms with Gasteiger partial charge in [-0.15, -0.1) is 0 Å². The lowest BCUT2D eigenvalue weighted by Gasteiger charge is -2.25. The number of hydrogen-bond acceptors (Lipinski definition) is 2. The van der Waals surface area contributed by atoms with Gasteiger partial charge in [-0.25, -0.2) is 0 Å². The average Bonchev–Trinajstić information content (AvgIpc) is 2.15. The van der Waals surface area contributed by atoms with E-state index in [2.05, 4.69) is 33.2 Å². The van der Waals surface area contributed by atoms with E-state index >= 15 is 0 Å². The highest BCUT2D eigenvalue weighted by Crippen LogP contribution is 2.49. The summed E-state index contributed by atoms with van der Waals surface area (Å²) in [6, 6.07) is 10.1. The molecule has 1 rings (SSSR count). The molecule has 0 spiro atoms. The van der Waals surface area contributed by atoms with Crippen LogP contribution in [0.2, 0.25) is 19.6 Å². The molecule has 0 fully saturated rings. The summed E-state index contributed by atoms with van der Waals surface area (Å²) in [7, 11) is -3.06. The van der Waals surface area contributed by atoms with E-state index in [9.17, 15) is 0 Å². The minimum absolute atomic E-state index is 0.957. The number of benzene rings is 1. The smallest absolute Gasteiger partial charge is 0.174 e. The Labute approximate surface area is 107 Å². The third-order valence-corrected chi connectivity index (χ3v) is 8.17. The monoisotopic (exact) mass is 269 g/mol. The van der Waals surface area contributed by atoms with Crippen LogP contribution in [0.4, 0.5) is 0 Å². The Morgan fingerprint density at radius 1 is 1.18 bits per heavy atom. The van der Waals surface area contributed by atoms with Crippen molar-refractivity contribution >= 4 is 15.5 Å². The molecule has 1 atom stereocenters. The maximum absolute atomic E-state index is 6.20. The van der Waals surface area contributed by atoms with Gasteiger partial charge in [0, 0.05) is 12.8 Å². The van der Waals surface area contributed by atoms with Gasteiger partial charge in [-0.2, -0.15) is 0 Å². The van der Waals surface area contributed by atoms with Crippen LogP contribution in [0.25, 0.3) is 0 Å². The molecule has 0 aliphatic carbocycles. The molecule has 0 radical (unpaired) electrons. The van der Waals surface area contributed by atoms with Crippen LogP contribution < -0.4 is 4.52 Å². The molecule has 0 saturated carbocycles. The van der Waals surface area contributed by atoms with E-state index in [-0.39, 0.29) is 0 Å². The lowest BCUT2D eigenvalue weighted by molar-refractivity contribution is 0.606. The van der Waals surface area contributed by atoms with E-state index in [1.165, 1.54) is 0 Å². The number of rotatable bonds is 5. The molecular weight excluding hydrogens is 245 g/mol. The van der Waals surface area contributed by atoms with E-state index in [4.69, 9.17) is 8.93 Å². The lowest BCUT2D eigenvalue weighted by atomic mass is 10.3. The second-order valence-electron chi connectivity index (χ2n) is 5.45. The molecule has 4 heteroatoms. The summed E-state index contributed by atoms with van der Waals surface area (Å²) in [6.45, 7) is 11.2. The predicted octanol–water partition coefficient (Wildman–Crippen LogP) is 5.06. The molecule has 0 aliphatic heterocycles. The zero-order valence-electron chi connectivity index (χ0n) is 11.6. The standard InChI is InChI=1S/C13H24NOPSi/c1-6-12-16(2,14-17(3,4)5)15-13-10-8-7-9-11-13/h7-11H,6,12H2,1-5H3. The van der Waals surface area contributed by atoms with Crippen molar-refractivity contribution in [3.05, 3.63) is 30.3 Å². The van der Waals surface area contributed by atoms with Crippen molar-refractivity contribution in [2.75, 3.05) is 12.8 Å². The van der Waals surface area contributed by atoms with Crippen LogP contribution in [-0.2, 0) is 0 Å². The van der Waals surface area contributed by atoms with Crippen LogP contribution >= 0.6 is 7.28 Å². The van der Waals surface area contributed by atoms with Crippen molar-refractivity contribution in [3.63, 3.8) is 0 Å². The fourth-order valence-electron chi connectivity index (χ4n) is 1.87. The second-order valence-corrected chi connectivity index (χ2v) is 13.3. The van der Waals surface area contributed by atoms with Gasteiger partial charge in [0.1, 0.15) is 13.0 Å². The number of para-hydroxylation sites is 1. The minimum atomic E-state index is -1.63. The van der Waals surface area contributed by atoms with Crippen LogP contribution in [-0.4, -0.2) is 21.1 Å². The van der Waals surface area contributed by atoms with E-state index in [1.807, 2.05) is 30.3 Å². The van der Waals surface area contributed by atoms with Crippen molar-refractivity contribution in [2.24, 2.45) is 4.41 Å². The van der Waals surface area contributed by atoms with Crippen molar-refractivity contribution in [2.45, 2.75) is 33.0 Å². The summed E-state index contributed by atoms with van der Waals surface area (Å²) >= 11 is 0. The van der Waals surface area contributed by atoms with Crippen molar-refractivity contribution in [1.82, 2.24) is 0 Å². The molecule has 0 bridgehead atoms. The van der Waals surface area contributed by atoms with Gasteiger partial charge in [0.05, 0.1) is 0 Å². The Morgan fingerprint density at radius 3 is 2.24 bits per heavy atom. The van der Waals surface area contributed by atoms with Gasteiger partial charge >= 0.3 is 0 Å². The largest absolute Gasteiger partial charge is 0.461 e. The first-order valence-corrected chi connectivity index (χ1v) is 11.9. The molecule has 1 aromatic carbocycles. The zero-order valence-corrected chi connectivity index (χ0v) is 13.5. The highest BCUT2D eigenvalue weighted by molar-refractivity contribution is 7.62. The fraction of sp³-hybridized carbons (Fsp3) is 0.538. The zero-order chi connectivity index (χ0) is 12.9. The normalized spacial score (nSPS) is 15.1. The Hall–Kier alpha value is -0.533. The number of hydrogen-bond donors (Lipinski definition) is 0. The van der Waals surface area contributed by atoms with Gasteiger partial charge in [-0.1, -0.05) is 25.1 Å². The van der Waals surface area contributed by atoms with Crippen LogP contribution in [0.5, 0.6) is 5.75 Å². The quantitative estimate of drug-likeness (QED) is 0.541. The molecule has 0 saturated heterocycles. The number of nitrogens with zero attached hydrogens (tertiary/aromatic N) is 1. The summed E-state index contributed by atoms with van der Waals surface area (Å²) in [5.74, 6) is 0.957. The molecule has 0 aliphatic rings. The summed E-state index contributed by atoms with van der Waals surface area (Å²) in [4.78, 5) is 0. The van der Waals surface area contributed by atoms with Crippen molar-refractivity contribution in [1.29, 1.82) is 0 Å². The molecule has 2 nitrogen and oxygen atoms in total. The van der Waals surface area contributed by atoms with Gasteiger partial charge in [0.2, 0.25) is 0 Å². The molecule has 1 unspecified atom stereocenters. The summed E-state index contributed by atoms with van der Waals surface area (Å²) < 4.78 is 11.3. The maximum atomic E-state index is 6.20. The van der Waals surface area contributed by atoms with Crippen LogP contribution in [0.15, 0.2) is 34.7 Å². The minimum Gasteiger partial charge on any atom is -0.461 e. The van der Waals surface area contributed by atoms with Crippen LogP contribution in [0.3, 0.4) is 0 Å². The van der Waals surface area contributed by atoms with E-state index in [0.717, 1.165) is 18.3 Å². The van der Waals surface area contributed by atoms with Crippen molar-refractivity contribution in [3.8, 4) is 5.75 Å². The first-order valence-electron chi connectivity index (χ1n) is 6.19. The third-order valence-electron chi connectivity index (χ3n) is 2.20. The van der Waals surface area contributed by atoms with E-state index in [0.29, 0.717) is 0 Å². The molecule has 0 N–H and O–H groups in total. The maximum Gasteiger partial charge on any atom is 0.174 e. The SMILES string of the molecule is CCCP(C)(=N[Si](C)(C)C)Oc1ccccc1. The predicted molar refractivity (Wildman–Crippen MR) is 80.8 cm³/mol. The Balaban J connectivity index is 2.98. The van der Waals surface area contributed by atoms with Gasteiger partial charge < -0.3 is 8.93 Å². The molecule has 1 aromatic rings. The second kappa shape index (κ2) is 5.88. The summed E-state index contributed by atoms with van der Waals surface area (Å²) in [6.07, 6.45) is 2.21.